The van der Waals surface area contributed by atoms with E-state index in [0.717, 1.165) is 86.2 Å². The van der Waals surface area contributed by atoms with Gasteiger partial charge in [0.15, 0.2) is 5.60 Å². The number of benzene rings is 6. The molecule has 7 nitrogen and oxygen atoms in total. The molecule has 1 fully saturated rings. The highest BCUT2D eigenvalue weighted by molar-refractivity contribution is 6.10. The predicted molar refractivity (Wildman–Crippen MR) is 259 cm³/mol. The van der Waals surface area contributed by atoms with Crippen LogP contribution < -0.4 is 18.9 Å². The van der Waals surface area contributed by atoms with Crippen LogP contribution in [0, 0.1) is 24.7 Å². The van der Waals surface area contributed by atoms with E-state index in [9.17, 15) is 9.59 Å². The van der Waals surface area contributed by atoms with Crippen molar-refractivity contribution in [1.29, 1.82) is 0 Å². The average molecular weight is 869 g/mol. The van der Waals surface area contributed by atoms with E-state index >= 15 is 0 Å². The molecule has 0 saturated heterocycles. The minimum atomic E-state index is -1.03. The van der Waals surface area contributed by atoms with Crippen molar-refractivity contribution >= 4 is 28.6 Å². The Hall–Kier alpha value is -6.34. The Morgan fingerprint density at radius 2 is 1.35 bits per heavy atom. The lowest BCUT2D eigenvalue weighted by Crippen LogP contribution is -2.44. The molecule has 1 aliphatic heterocycles. The first-order valence-electron chi connectivity index (χ1n) is 22.9. The quantitative estimate of drug-likeness (QED) is 0.0895. The van der Waals surface area contributed by atoms with Crippen LogP contribution in [0.25, 0.3) is 39.1 Å². The number of hydrogen-bond donors (Lipinski definition) is 0. The number of esters is 1. The van der Waals surface area contributed by atoms with E-state index in [-0.39, 0.29) is 48.1 Å². The summed E-state index contributed by atoms with van der Waals surface area (Å²) < 4.78 is 30.9. The third-order valence-electron chi connectivity index (χ3n) is 13.8. The molecular formula is C58H60O7. The van der Waals surface area contributed by atoms with Crippen molar-refractivity contribution in [3.63, 3.8) is 0 Å². The second-order valence-corrected chi connectivity index (χ2v) is 20.1. The average Bonchev–Trinajstić information content (AvgIpc) is 3.54. The van der Waals surface area contributed by atoms with E-state index in [0.29, 0.717) is 5.75 Å². The largest absolute Gasteiger partial charge is 0.497 e. The Morgan fingerprint density at radius 1 is 0.677 bits per heavy atom. The normalized spacial score (nSPS) is 18.3. The van der Waals surface area contributed by atoms with Crippen molar-refractivity contribution in [2.24, 2.45) is 10.8 Å². The molecule has 0 radical (unpaired) electrons. The highest BCUT2D eigenvalue weighted by atomic mass is 16.6. The van der Waals surface area contributed by atoms with E-state index in [4.69, 9.17) is 23.7 Å². The van der Waals surface area contributed by atoms with Crippen LogP contribution >= 0.6 is 0 Å². The van der Waals surface area contributed by atoms with E-state index in [1.54, 1.807) is 14.2 Å². The van der Waals surface area contributed by atoms with Gasteiger partial charge in [0.25, 0.3) is 0 Å². The number of ketones is 1. The molecule has 6 aromatic rings. The summed E-state index contributed by atoms with van der Waals surface area (Å²) in [5.74, 6) is 2.66. The maximum atomic E-state index is 12.1. The number of Topliss-reactive ketones (excluding diaryl/α,β-unsaturated/α-hetero) is 1. The Kier molecular flexibility index (Phi) is 11.2. The number of carbonyl (C=O) groups is 2. The summed E-state index contributed by atoms with van der Waals surface area (Å²) in [6, 6.07) is 36.5. The van der Waals surface area contributed by atoms with Gasteiger partial charge in [-0.1, -0.05) is 94.4 Å². The Labute approximate surface area is 383 Å². The molecule has 1 unspecified atom stereocenters. The predicted octanol–water partition coefficient (Wildman–Crippen LogP) is 13.3. The van der Waals surface area contributed by atoms with Crippen molar-refractivity contribution in [3.05, 3.63) is 148 Å². The van der Waals surface area contributed by atoms with Crippen molar-refractivity contribution < 1.29 is 33.3 Å². The van der Waals surface area contributed by atoms with Gasteiger partial charge in [0.05, 0.1) is 20.6 Å². The number of methoxy groups -OCH3 is 2. The van der Waals surface area contributed by atoms with Gasteiger partial charge in [-0.2, -0.15) is 0 Å². The summed E-state index contributed by atoms with van der Waals surface area (Å²) in [7, 11) is 3.44. The van der Waals surface area contributed by atoms with Gasteiger partial charge in [-0.3, -0.25) is 4.79 Å². The second kappa shape index (κ2) is 16.6. The first-order valence-corrected chi connectivity index (χ1v) is 22.9. The van der Waals surface area contributed by atoms with Gasteiger partial charge >= 0.3 is 5.97 Å². The minimum Gasteiger partial charge on any atom is -0.497 e. The summed E-state index contributed by atoms with van der Waals surface area (Å²) >= 11 is 0. The molecule has 0 bridgehead atoms. The van der Waals surface area contributed by atoms with Gasteiger partial charge in [-0.25, -0.2) is 0 Å². The van der Waals surface area contributed by atoms with E-state index in [2.05, 4.69) is 133 Å². The van der Waals surface area contributed by atoms with Crippen LogP contribution in [0.3, 0.4) is 0 Å². The zero-order valence-electron chi connectivity index (χ0n) is 39.3. The Morgan fingerprint density at radius 3 is 2.02 bits per heavy atom. The van der Waals surface area contributed by atoms with Gasteiger partial charge in [0, 0.05) is 39.5 Å². The molecule has 1 heterocycles. The van der Waals surface area contributed by atoms with Gasteiger partial charge in [-0.15, -0.1) is 0 Å². The molecule has 1 spiro atoms. The lowest BCUT2D eigenvalue weighted by Gasteiger charge is -2.52. The number of fused-ring (bicyclic) bond motifs is 10. The summed E-state index contributed by atoms with van der Waals surface area (Å²) in [5, 5.41) is 2.23. The number of aryl methyl sites for hydroxylation is 2. The Bertz CT molecular complexity index is 2850. The third kappa shape index (κ3) is 7.87. The molecule has 334 valence electrons. The number of rotatable bonds is 12. The second-order valence-electron chi connectivity index (χ2n) is 20.1. The van der Waals surface area contributed by atoms with Crippen LogP contribution in [0.4, 0.5) is 0 Å². The molecule has 9 rings (SSSR count). The fourth-order valence-electron chi connectivity index (χ4n) is 11.9. The standard InChI is InChI=1S/C58H60O7/c1-36-14-24-43(50(30-36)62-9)46-32-47-48(31-37(46)2)54-45(53-52(47)44-12-10-11-13-49(44)57(53)34-55(4,5)33-56(6,7)35-57)26-27-58(65-54,39-16-20-41(61-8)21-17-39)40-18-22-42(23-19-40)63-28-29-64-51(60)25-15-38(3)59/h10-14,16-24,26-27,30-32H,15,25,28-29,33-35H2,1-9H3. The lowest BCUT2D eigenvalue weighted by atomic mass is 9.52. The van der Waals surface area contributed by atoms with Gasteiger partial charge < -0.3 is 28.5 Å². The summed E-state index contributed by atoms with van der Waals surface area (Å²) in [6.45, 7) is 15.8. The van der Waals surface area contributed by atoms with E-state index in [1.165, 1.54) is 29.2 Å². The molecule has 2 aliphatic carbocycles. The number of ether oxygens (including phenoxy) is 5. The molecule has 0 aromatic heterocycles. The first-order chi connectivity index (χ1) is 31.1. The van der Waals surface area contributed by atoms with Crippen LogP contribution in [0.5, 0.6) is 23.0 Å². The van der Waals surface area contributed by atoms with Crippen LogP contribution in [0.15, 0.2) is 109 Å². The molecule has 1 saturated carbocycles. The fourth-order valence-corrected chi connectivity index (χ4v) is 11.9. The maximum absolute atomic E-state index is 12.1. The van der Waals surface area contributed by atoms with Crippen molar-refractivity contribution in [2.45, 2.75) is 91.6 Å². The van der Waals surface area contributed by atoms with Crippen LogP contribution in [0.1, 0.15) is 106 Å². The maximum Gasteiger partial charge on any atom is 0.306 e. The number of carbonyl (C=O) groups excluding carboxylic acids is 2. The van der Waals surface area contributed by atoms with E-state index in [1.807, 2.05) is 24.3 Å². The van der Waals surface area contributed by atoms with Crippen molar-refractivity contribution in [2.75, 3.05) is 27.4 Å². The van der Waals surface area contributed by atoms with Crippen molar-refractivity contribution in [3.8, 4) is 45.3 Å². The Balaban J connectivity index is 1.24. The molecule has 7 heteroatoms. The molecule has 1 atom stereocenters. The van der Waals surface area contributed by atoms with Gasteiger partial charge in [0.1, 0.15) is 42.0 Å². The van der Waals surface area contributed by atoms with Gasteiger partial charge in [0.2, 0.25) is 0 Å². The molecule has 0 amide bonds. The smallest absolute Gasteiger partial charge is 0.306 e. The summed E-state index contributed by atoms with van der Waals surface area (Å²) in [5.41, 5.74) is 11.7. The molecular weight excluding hydrogens is 809 g/mol. The highest BCUT2D eigenvalue weighted by Crippen LogP contribution is 2.67. The monoisotopic (exact) mass is 868 g/mol. The first kappa shape index (κ1) is 43.9. The van der Waals surface area contributed by atoms with Crippen LogP contribution in [-0.4, -0.2) is 39.2 Å². The third-order valence-corrected chi connectivity index (χ3v) is 13.8. The molecule has 6 aromatic carbocycles. The van der Waals surface area contributed by atoms with Gasteiger partial charge in [-0.05, 0) is 144 Å². The van der Waals surface area contributed by atoms with E-state index < -0.39 is 11.6 Å². The summed E-state index contributed by atoms with van der Waals surface area (Å²) in [4.78, 5) is 23.4. The topological polar surface area (TPSA) is 80.3 Å². The van der Waals surface area contributed by atoms with Crippen molar-refractivity contribution in [1.82, 2.24) is 0 Å². The van der Waals surface area contributed by atoms with Crippen LogP contribution in [0.2, 0.25) is 0 Å². The molecule has 65 heavy (non-hydrogen) atoms. The van der Waals surface area contributed by atoms with Crippen LogP contribution in [-0.2, 0) is 25.3 Å². The lowest BCUT2D eigenvalue weighted by molar-refractivity contribution is -0.145. The molecule has 0 N–H and O–H groups in total. The zero-order chi connectivity index (χ0) is 45.9. The number of hydrogen-bond acceptors (Lipinski definition) is 7. The fraction of sp³-hybridized carbons (Fsp3) is 0.345. The summed E-state index contributed by atoms with van der Waals surface area (Å²) in [6.07, 6.45) is 8.01. The zero-order valence-corrected chi connectivity index (χ0v) is 39.3. The molecule has 3 aliphatic rings. The SMILES string of the molecule is COc1ccc(C2(c3ccc(OCCOC(=O)CCC(C)=O)cc3)C=Cc3c4c(c5cc(-c6ccc(C)cc6OC)c(C)cc5c3O2)-c2ccccc2C42CC(C)(C)CC(C)(C)C2)cc1. The highest BCUT2D eigenvalue weighted by Gasteiger charge is 2.55. The minimum absolute atomic E-state index is 0.0433.